The number of carbonyl (C=O) groups excluding carboxylic acids is 1. The molecule has 0 heterocycles. The minimum Gasteiger partial charge on any atom is -0.547 e. The lowest BCUT2D eigenvalue weighted by Crippen LogP contribution is -2.37. The molecule has 0 aliphatic heterocycles. The first-order chi connectivity index (χ1) is 9.49. The van der Waals surface area contributed by atoms with Gasteiger partial charge in [-0.25, -0.2) is 0 Å². The maximum atomic E-state index is 10.5. The lowest BCUT2D eigenvalue weighted by atomic mass is 9.92. The summed E-state index contributed by atoms with van der Waals surface area (Å²) in [6.45, 7) is 1.92. The van der Waals surface area contributed by atoms with E-state index in [-0.39, 0.29) is 12.3 Å². The number of aliphatic carboxylic acids is 1. The number of aliphatic hydroxyl groups is 1. The molecule has 0 aromatic heterocycles. The highest BCUT2D eigenvalue weighted by Crippen LogP contribution is 2.29. The molecule has 2 rings (SSSR count). The van der Waals surface area contributed by atoms with E-state index in [0.717, 1.165) is 16.3 Å². The highest BCUT2D eigenvalue weighted by atomic mass is 35.5. The molecular formula is C16H16ClO3-. The van der Waals surface area contributed by atoms with Gasteiger partial charge in [0.05, 0.1) is 12.1 Å². The molecule has 2 aromatic rings. The van der Waals surface area contributed by atoms with Crippen molar-refractivity contribution in [3.8, 4) is 0 Å². The van der Waals surface area contributed by atoms with E-state index < -0.39 is 17.5 Å². The molecule has 0 radical (unpaired) electrons. The maximum Gasteiger partial charge on any atom is 0.0947 e. The van der Waals surface area contributed by atoms with Crippen LogP contribution in [-0.2, 0) is 4.79 Å². The topological polar surface area (TPSA) is 60.4 Å². The predicted molar refractivity (Wildman–Crippen MR) is 77.6 cm³/mol. The number of carboxylic acids is 1. The largest absolute Gasteiger partial charge is 0.547 e. The zero-order chi connectivity index (χ0) is 14.7. The third-order valence-electron chi connectivity index (χ3n) is 3.56. The van der Waals surface area contributed by atoms with Gasteiger partial charge in [0, 0.05) is 5.38 Å². The Morgan fingerprint density at radius 3 is 2.55 bits per heavy atom. The first-order valence-corrected chi connectivity index (χ1v) is 6.94. The van der Waals surface area contributed by atoms with E-state index >= 15 is 0 Å². The molecule has 3 nitrogen and oxygen atoms in total. The van der Waals surface area contributed by atoms with Gasteiger partial charge in [0.2, 0.25) is 0 Å². The summed E-state index contributed by atoms with van der Waals surface area (Å²) in [5.41, 5.74) is 1.02. The Bertz CT molecular complexity index is 611. The third-order valence-corrected chi connectivity index (χ3v) is 4.12. The number of carbonyl (C=O) groups is 1. The van der Waals surface area contributed by atoms with E-state index in [4.69, 9.17) is 11.6 Å². The highest BCUT2D eigenvalue weighted by molar-refractivity contribution is 6.21. The first kappa shape index (κ1) is 14.8. The quantitative estimate of drug-likeness (QED) is 0.858. The Morgan fingerprint density at radius 2 is 1.90 bits per heavy atom. The van der Waals surface area contributed by atoms with Gasteiger partial charge in [0.25, 0.3) is 0 Å². The van der Waals surface area contributed by atoms with Gasteiger partial charge in [-0.05, 0) is 28.7 Å². The molecule has 0 saturated carbocycles. The van der Waals surface area contributed by atoms with E-state index in [9.17, 15) is 15.0 Å². The SMILES string of the molecule is CC(c1ccc2ccccc2c1)C(Cl)CC(O)C(=O)[O-]. The molecule has 0 saturated heterocycles. The Hall–Kier alpha value is -1.58. The molecule has 0 fully saturated rings. The summed E-state index contributed by atoms with van der Waals surface area (Å²) < 4.78 is 0. The second-order valence-electron chi connectivity index (χ2n) is 4.98. The molecule has 1 N–H and O–H groups in total. The van der Waals surface area contributed by atoms with E-state index in [1.807, 2.05) is 49.4 Å². The summed E-state index contributed by atoms with van der Waals surface area (Å²) in [5.74, 6) is -1.54. The van der Waals surface area contributed by atoms with Crippen LogP contribution in [0.1, 0.15) is 24.8 Å². The van der Waals surface area contributed by atoms with Crippen LogP contribution in [0.2, 0.25) is 0 Å². The summed E-state index contributed by atoms with van der Waals surface area (Å²) in [4.78, 5) is 10.5. The number of halogens is 1. The van der Waals surface area contributed by atoms with Gasteiger partial charge < -0.3 is 15.0 Å². The van der Waals surface area contributed by atoms with Gasteiger partial charge in [-0.1, -0.05) is 49.4 Å². The summed E-state index contributed by atoms with van der Waals surface area (Å²) in [6, 6.07) is 14.0. The maximum absolute atomic E-state index is 10.5. The molecule has 0 bridgehead atoms. The molecule has 3 atom stereocenters. The van der Waals surface area contributed by atoms with Gasteiger partial charge in [-0.15, -0.1) is 11.6 Å². The van der Waals surface area contributed by atoms with Crippen LogP contribution < -0.4 is 5.11 Å². The van der Waals surface area contributed by atoms with E-state index in [0.29, 0.717) is 0 Å². The van der Waals surface area contributed by atoms with Crippen molar-refractivity contribution >= 4 is 28.3 Å². The molecule has 2 aromatic carbocycles. The van der Waals surface area contributed by atoms with E-state index in [1.165, 1.54) is 0 Å². The summed E-state index contributed by atoms with van der Waals surface area (Å²) in [7, 11) is 0. The smallest absolute Gasteiger partial charge is 0.0947 e. The standard InChI is InChI=1S/C16H17ClO3/c1-10(14(17)9-15(18)16(19)20)12-7-6-11-4-2-3-5-13(11)8-12/h2-8,10,14-15,18H,9H2,1H3,(H,19,20)/p-1. The molecule has 0 aliphatic carbocycles. The minimum atomic E-state index is -1.53. The van der Waals surface area contributed by atoms with Crippen molar-refractivity contribution in [2.75, 3.05) is 0 Å². The first-order valence-electron chi connectivity index (χ1n) is 6.50. The zero-order valence-electron chi connectivity index (χ0n) is 11.1. The van der Waals surface area contributed by atoms with Crippen molar-refractivity contribution in [1.82, 2.24) is 0 Å². The molecule has 0 spiro atoms. The van der Waals surface area contributed by atoms with E-state index in [2.05, 4.69) is 0 Å². The van der Waals surface area contributed by atoms with Crippen LogP contribution in [0, 0.1) is 0 Å². The highest BCUT2D eigenvalue weighted by Gasteiger charge is 2.20. The number of benzene rings is 2. The average Bonchev–Trinajstić information content (AvgIpc) is 2.45. The average molecular weight is 292 g/mol. The summed E-state index contributed by atoms with van der Waals surface area (Å²) >= 11 is 6.20. The van der Waals surface area contributed by atoms with Crippen LogP contribution in [0.5, 0.6) is 0 Å². The normalized spacial score (nSPS) is 15.8. The van der Waals surface area contributed by atoms with Gasteiger partial charge in [-0.3, -0.25) is 0 Å². The van der Waals surface area contributed by atoms with Crippen molar-refractivity contribution in [2.24, 2.45) is 0 Å². The van der Waals surface area contributed by atoms with Crippen molar-refractivity contribution in [3.05, 3.63) is 48.0 Å². The Balaban J connectivity index is 2.17. The monoisotopic (exact) mass is 291 g/mol. The molecular weight excluding hydrogens is 276 g/mol. The summed E-state index contributed by atoms with van der Waals surface area (Å²) in [6.07, 6.45) is -1.56. The Kier molecular flexibility index (Phi) is 4.63. The molecule has 4 heteroatoms. The van der Waals surface area contributed by atoms with Crippen LogP contribution in [-0.4, -0.2) is 22.6 Å². The molecule has 0 amide bonds. The predicted octanol–water partition coefficient (Wildman–Crippen LogP) is 2.05. The van der Waals surface area contributed by atoms with Gasteiger partial charge in [0.1, 0.15) is 0 Å². The van der Waals surface area contributed by atoms with Crippen molar-refractivity contribution in [1.29, 1.82) is 0 Å². The number of hydrogen-bond donors (Lipinski definition) is 1. The van der Waals surface area contributed by atoms with Crippen LogP contribution in [0.3, 0.4) is 0 Å². The minimum absolute atomic E-state index is 0.0299. The van der Waals surface area contributed by atoms with Gasteiger partial charge >= 0.3 is 0 Å². The molecule has 0 aliphatic rings. The number of alkyl halides is 1. The lowest BCUT2D eigenvalue weighted by Gasteiger charge is -2.22. The van der Waals surface area contributed by atoms with Gasteiger partial charge in [0.15, 0.2) is 0 Å². The fourth-order valence-corrected chi connectivity index (χ4v) is 2.53. The van der Waals surface area contributed by atoms with Crippen LogP contribution >= 0.6 is 11.6 Å². The Morgan fingerprint density at radius 1 is 1.25 bits per heavy atom. The van der Waals surface area contributed by atoms with Crippen molar-refractivity contribution in [3.63, 3.8) is 0 Å². The van der Waals surface area contributed by atoms with Crippen LogP contribution in [0.4, 0.5) is 0 Å². The second-order valence-corrected chi connectivity index (χ2v) is 5.54. The van der Waals surface area contributed by atoms with Gasteiger partial charge in [-0.2, -0.15) is 0 Å². The second kappa shape index (κ2) is 6.25. The van der Waals surface area contributed by atoms with Crippen molar-refractivity contribution in [2.45, 2.75) is 30.7 Å². The van der Waals surface area contributed by atoms with Crippen molar-refractivity contribution < 1.29 is 15.0 Å². The van der Waals surface area contributed by atoms with Crippen LogP contribution in [0.25, 0.3) is 10.8 Å². The molecule has 3 unspecified atom stereocenters. The number of aliphatic hydroxyl groups excluding tert-OH is 1. The summed E-state index contributed by atoms with van der Waals surface area (Å²) in [5, 5.41) is 21.7. The fraction of sp³-hybridized carbons (Fsp3) is 0.312. The number of hydrogen-bond acceptors (Lipinski definition) is 3. The lowest BCUT2D eigenvalue weighted by molar-refractivity contribution is -0.315. The van der Waals surface area contributed by atoms with E-state index in [1.54, 1.807) is 0 Å². The Labute approximate surface area is 122 Å². The number of carboxylic acid groups (broad SMARTS) is 1. The fourth-order valence-electron chi connectivity index (χ4n) is 2.21. The molecule has 106 valence electrons. The molecule has 20 heavy (non-hydrogen) atoms. The number of fused-ring (bicyclic) bond motifs is 1. The van der Waals surface area contributed by atoms with Crippen LogP contribution in [0.15, 0.2) is 42.5 Å². The third kappa shape index (κ3) is 3.30. The number of rotatable bonds is 5. The zero-order valence-corrected chi connectivity index (χ0v) is 11.9.